The topological polar surface area (TPSA) is 170 Å². The summed E-state index contributed by atoms with van der Waals surface area (Å²) < 4.78 is 32.1. The Hall–Kier alpha value is -6.67. The zero-order chi connectivity index (χ0) is 48.8. The highest BCUT2D eigenvalue weighted by Crippen LogP contribution is 2.39. The van der Waals surface area contributed by atoms with Crippen molar-refractivity contribution >= 4 is 63.9 Å². The van der Waals surface area contributed by atoms with Crippen LogP contribution in [0.15, 0.2) is 102 Å². The third-order valence-corrected chi connectivity index (χ3v) is 12.6. The lowest BCUT2D eigenvalue weighted by Crippen LogP contribution is -2.58. The molecule has 1 unspecified atom stereocenters. The van der Waals surface area contributed by atoms with Gasteiger partial charge in [0.1, 0.15) is 41.9 Å². The number of nitriles is 1. The van der Waals surface area contributed by atoms with Gasteiger partial charge in [0, 0.05) is 30.9 Å². The minimum absolute atomic E-state index is 0.0148. The van der Waals surface area contributed by atoms with Gasteiger partial charge in [-0.2, -0.15) is 5.26 Å². The fourth-order valence-corrected chi connectivity index (χ4v) is 8.93. The normalized spacial score (nSPS) is 16.1. The lowest BCUT2D eigenvalue weighted by atomic mass is 9.85. The number of halogens is 2. The third-order valence-electron chi connectivity index (χ3n) is 12.0. The van der Waals surface area contributed by atoms with Crippen molar-refractivity contribution < 1.29 is 37.5 Å². The summed E-state index contributed by atoms with van der Waals surface area (Å²) in [6.07, 6.45) is 5.55. The number of ether oxygens (including phenoxy) is 2. The fraction of sp³-hybridized carbons (Fsp3) is 0.353. The number of carbonyl (C=O) groups is 4. The first-order valence-corrected chi connectivity index (χ1v) is 23.1. The number of benzene rings is 4. The Morgan fingerprint density at radius 2 is 1.66 bits per heavy atom. The van der Waals surface area contributed by atoms with Crippen LogP contribution < -0.4 is 25.2 Å². The van der Waals surface area contributed by atoms with Gasteiger partial charge in [-0.15, -0.1) is 0 Å². The minimum Gasteiger partial charge on any atom is -0.494 e. The number of thiocarbonyl (C=S) groups is 1. The van der Waals surface area contributed by atoms with E-state index in [4.69, 9.17) is 37.7 Å². The van der Waals surface area contributed by atoms with Crippen molar-refractivity contribution in [2.24, 2.45) is 5.41 Å². The lowest BCUT2D eigenvalue weighted by molar-refractivity contribution is -0.144. The standard InChI is InChI=1S/C51H53ClFN7O7S/c1-50(2,3)45(47(63)58-22-8-9-41(58)46(62)56-28-32-10-12-35(13-11-32)43-29-55-31-67-43)57-44(61)30-65-23-6-7-24-66-38-20-16-34(17-21-38)33-14-18-37(19-15-33)60-49(68)59(48(64)51(60,4)5)42-26-39(52)36(27-54)25-40(42)53/h10-21,25-26,29,31,41,45H,6-9,22-24,28,30H2,1-5H3,(H,56,62)(H,57,61)/t41-,45?/m0/s1. The maximum atomic E-state index is 15.1. The predicted octanol–water partition coefficient (Wildman–Crippen LogP) is 8.60. The van der Waals surface area contributed by atoms with Crippen LogP contribution in [0.2, 0.25) is 5.02 Å². The van der Waals surface area contributed by atoms with Gasteiger partial charge in [0.05, 0.1) is 29.1 Å². The minimum atomic E-state index is -1.14. The quantitative estimate of drug-likeness (QED) is 0.0676. The molecule has 0 bridgehead atoms. The molecule has 17 heteroatoms. The van der Waals surface area contributed by atoms with Gasteiger partial charge >= 0.3 is 0 Å². The van der Waals surface area contributed by atoms with Crippen LogP contribution in [0.5, 0.6) is 5.75 Å². The lowest BCUT2D eigenvalue weighted by Gasteiger charge is -2.35. The van der Waals surface area contributed by atoms with Crippen molar-refractivity contribution in [3.63, 3.8) is 0 Å². The molecule has 14 nitrogen and oxygen atoms in total. The number of anilines is 2. The van der Waals surface area contributed by atoms with E-state index in [-0.39, 0.29) is 39.8 Å². The van der Waals surface area contributed by atoms with Crippen LogP contribution in [0.1, 0.15) is 71.4 Å². The first-order chi connectivity index (χ1) is 32.5. The number of hydrogen-bond acceptors (Lipinski definition) is 10. The number of likely N-dealkylation sites (tertiary alicyclic amines) is 1. The second-order valence-electron chi connectivity index (χ2n) is 18.2. The number of aromatic nitrogens is 1. The van der Waals surface area contributed by atoms with E-state index in [9.17, 15) is 24.4 Å². The molecule has 2 aliphatic heterocycles. The van der Waals surface area contributed by atoms with Gasteiger partial charge in [0.15, 0.2) is 17.3 Å². The van der Waals surface area contributed by atoms with Crippen molar-refractivity contribution in [3.8, 4) is 34.3 Å². The number of carbonyl (C=O) groups excluding carboxylic acids is 4. The molecular formula is C51H53ClFN7O7S. The number of hydrogen-bond donors (Lipinski definition) is 2. The third kappa shape index (κ3) is 11.0. The van der Waals surface area contributed by atoms with Crippen molar-refractivity contribution in [1.82, 2.24) is 20.5 Å². The Labute approximate surface area is 405 Å². The first-order valence-electron chi connectivity index (χ1n) is 22.3. The molecule has 4 amide bonds. The SMILES string of the molecule is CC(C)(C)C(NC(=O)COCCCCOc1ccc(-c2ccc(N3C(=S)N(c4cc(Cl)c(C#N)cc4F)C(=O)C3(C)C)cc2)cc1)C(=O)N1CCC[C@H]1C(=O)NCc1ccc(-c2cnco2)cc1. The van der Waals surface area contributed by atoms with Gasteiger partial charge in [-0.25, -0.2) is 9.37 Å². The maximum Gasteiger partial charge on any atom is 0.259 e. The van der Waals surface area contributed by atoms with Gasteiger partial charge in [-0.05, 0) is 110 Å². The van der Waals surface area contributed by atoms with Crippen LogP contribution in [-0.2, 0) is 30.5 Å². The average molecular weight is 963 g/mol. The largest absolute Gasteiger partial charge is 0.494 e. The van der Waals surface area contributed by atoms with Crippen molar-refractivity contribution in [2.45, 2.75) is 84.5 Å². The fourth-order valence-electron chi connectivity index (χ4n) is 8.21. The molecule has 3 heterocycles. The van der Waals surface area contributed by atoms with Crippen molar-refractivity contribution in [2.75, 3.05) is 36.2 Å². The highest BCUT2D eigenvalue weighted by Gasteiger charge is 2.51. The molecular weight excluding hydrogens is 909 g/mol. The molecule has 5 aromatic rings. The van der Waals surface area contributed by atoms with Gasteiger partial charge in [0.25, 0.3) is 5.91 Å². The Balaban J connectivity index is 0.828. The summed E-state index contributed by atoms with van der Waals surface area (Å²) >= 11 is 11.9. The second-order valence-corrected chi connectivity index (χ2v) is 19.0. The number of nitrogens with zero attached hydrogens (tertiary/aromatic N) is 5. The number of rotatable bonds is 17. The summed E-state index contributed by atoms with van der Waals surface area (Å²) in [4.78, 5) is 62.2. The molecule has 0 spiro atoms. The van der Waals surface area contributed by atoms with Crippen LogP contribution in [0.3, 0.4) is 0 Å². The van der Waals surface area contributed by atoms with Crippen molar-refractivity contribution in [3.05, 3.63) is 119 Å². The van der Waals surface area contributed by atoms with E-state index >= 15 is 4.39 Å². The summed E-state index contributed by atoms with van der Waals surface area (Å²) in [5, 5.41) is 15.2. The summed E-state index contributed by atoms with van der Waals surface area (Å²) in [5.74, 6) is -0.825. The number of unbranched alkanes of at least 4 members (excludes halogenated alkanes) is 1. The second kappa shape index (κ2) is 21.1. The van der Waals surface area contributed by atoms with E-state index in [0.29, 0.717) is 69.2 Å². The molecule has 2 fully saturated rings. The Morgan fingerprint density at radius 1 is 1.00 bits per heavy atom. The molecule has 2 N–H and O–H groups in total. The highest BCUT2D eigenvalue weighted by molar-refractivity contribution is 7.81. The highest BCUT2D eigenvalue weighted by atomic mass is 35.5. The van der Waals surface area contributed by atoms with E-state index in [2.05, 4.69) is 15.6 Å². The molecule has 1 aromatic heterocycles. The van der Waals surface area contributed by atoms with Crippen LogP contribution in [0.4, 0.5) is 15.8 Å². The van der Waals surface area contributed by atoms with Crippen LogP contribution >= 0.6 is 23.8 Å². The van der Waals surface area contributed by atoms with Crippen molar-refractivity contribution in [1.29, 1.82) is 5.26 Å². The molecule has 2 aliphatic rings. The van der Waals surface area contributed by atoms with E-state index in [1.165, 1.54) is 12.5 Å². The number of nitrogens with one attached hydrogen (secondary N) is 2. The maximum absolute atomic E-state index is 15.1. The molecule has 2 saturated heterocycles. The average Bonchev–Trinajstić information content (AvgIpc) is 4.08. The molecule has 2 atom stereocenters. The van der Waals surface area contributed by atoms with Gasteiger partial charge in [-0.3, -0.25) is 24.1 Å². The molecule has 0 radical (unpaired) electrons. The van der Waals surface area contributed by atoms with E-state index in [1.54, 1.807) is 29.8 Å². The molecule has 0 aliphatic carbocycles. The summed E-state index contributed by atoms with van der Waals surface area (Å²) in [7, 11) is 0. The van der Waals surface area contributed by atoms with Crippen LogP contribution in [0.25, 0.3) is 22.5 Å². The van der Waals surface area contributed by atoms with E-state index in [1.807, 2.05) is 99.6 Å². The smallest absolute Gasteiger partial charge is 0.259 e. The Morgan fingerprint density at radius 3 is 2.31 bits per heavy atom. The van der Waals surface area contributed by atoms with Gasteiger partial charge in [0.2, 0.25) is 17.7 Å². The van der Waals surface area contributed by atoms with E-state index < -0.39 is 40.7 Å². The van der Waals surface area contributed by atoms with Gasteiger partial charge < -0.3 is 34.3 Å². The molecule has 354 valence electrons. The van der Waals surface area contributed by atoms with Crippen LogP contribution in [0, 0.1) is 22.6 Å². The first kappa shape index (κ1) is 49.2. The summed E-state index contributed by atoms with van der Waals surface area (Å²) in [5.41, 5.74) is 2.35. The number of amides is 4. The Kier molecular flexibility index (Phi) is 15.3. The van der Waals surface area contributed by atoms with E-state index in [0.717, 1.165) is 33.2 Å². The zero-order valence-electron chi connectivity index (χ0n) is 38.5. The Bertz CT molecular complexity index is 2690. The zero-order valence-corrected chi connectivity index (χ0v) is 40.1. The predicted molar refractivity (Wildman–Crippen MR) is 260 cm³/mol. The monoisotopic (exact) mass is 961 g/mol. The van der Waals surface area contributed by atoms with Gasteiger partial charge in [-0.1, -0.05) is 80.9 Å². The summed E-state index contributed by atoms with van der Waals surface area (Å²) in [6, 6.07) is 25.3. The molecule has 68 heavy (non-hydrogen) atoms. The van der Waals surface area contributed by atoms with Crippen LogP contribution in [-0.4, -0.2) is 82.6 Å². The molecule has 4 aromatic carbocycles. The number of oxazole rings is 1. The molecule has 7 rings (SSSR count). The molecule has 0 saturated carbocycles. The summed E-state index contributed by atoms with van der Waals surface area (Å²) in [6.45, 7) is 10.3.